The van der Waals surface area contributed by atoms with Crippen LogP contribution in [0, 0.1) is 5.41 Å². The molecule has 1 saturated heterocycles. The topological polar surface area (TPSA) is 64.4 Å². The molecule has 0 N–H and O–H groups in total. The Labute approximate surface area is 289 Å². The minimum absolute atomic E-state index is 0.216. The lowest BCUT2D eigenvalue weighted by Gasteiger charge is -2.38. The Morgan fingerprint density at radius 2 is 1.29 bits per heavy atom. The zero-order valence-corrected chi connectivity index (χ0v) is 28.5. The average molecular weight is 650 g/mol. The van der Waals surface area contributed by atoms with Gasteiger partial charge in [-0.2, -0.15) is 0 Å². The predicted octanol–water partition coefficient (Wildman–Crippen LogP) is 9.15. The molecule has 1 saturated carbocycles. The second-order valence-electron chi connectivity index (χ2n) is 14.3. The molecular formula is C43H43N3O3. The minimum atomic E-state index is -0.662. The third-order valence-corrected chi connectivity index (χ3v) is 10.1. The number of benzene rings is 4. The van der Waals surface area contributed by atoms with Gasteiger partial charge in [0.25, 0.3) is 0 Å². The van der Waals surface area contributed by atoms with Crippen LogP contribution in [-0.2, 0) is 15.1 Å². The standard InChI is InChI=1S/C43H43N3O3/c1-41(2,3)49-40(48)45-27-25-42(26-28-45)24-23-33(39(42)47)29-32-15-13-14-22-37(32)38-30-46(31-44-38)43(34-16-7-4-8-17-34,35-18-9-5-10-19-35)36-20-11-6-12-21-36/h4-22,29-31H,23-28H2,1-3H3/b33-29+. The largest absolute Gasteiger partial charge is 0.444 e. The normalized spacial score (nSPS) is 17.1. The number of aromatic nitrogens is 2. The minimum Gasteiger partial charge on any atom is -0.444 e. The van der Waals surface area contributed by atoms with Crippen LogP contribution in [-0.4, -0.2) is 45.0 Å². The quantitative estimate of drug-likeness (QED) is 0.136. The average Bonchev–Trinajstić information content (AvgIpc) is 3.72. The SMILES string of the molecule is CC(C)(C)OC(=O)N1CCC2(CC/C(=C\c3ccccc3-c3cn(C(c4ccccc4)(c4ccccc4)c4ccccc4)cn3)C2=O)CC1. The van der Waals surface area contributed by atoms with E-state index in [1.54, 1.807) is 4.90 Å². The number of imidazole rings is 1. The number of ketones is 1. The molecule has 49 heavy (non-hydrogen) atoms. The van der Waals surface area contributed by atoms with Gasteiger partial charge in [-0.05, 0) is 80.4 Å². The summed E-state index contributed by atoms with van der Waals surface area (Å²) in [4.78, 5) is 33.5. The van der Waals surface area contributed by atoms with E-state index in [2.05, 4.69) is 102 Å². The van der Waals surface area contributed by atoms with E-state index in [4.69, 9.17) is 9.72 Å². The molecule has 6 nitrogen and oxygen atoms in total. The smallest absolute Gasteiger partial charge is 0.410 e. The van der Waals surface area contributed by atoms with Gasteiger partial charge in [-0.15, -0.1) is 0 Å². The second kappa shape index (κ2) is 13.0. The summed E-state index contributed by atoms with van der Waals surface area (Å²) in [6.45, 7) is 6.70. The van der Waals surface area contributed by atoms with Gasteiger partial charge in [-0.25, -0.2) is 9.78 Å². The summed E-state index contributed by atoms with van der Waals surface area (Å²) in [6, 6.07) is 39.9. The maximum absolute atomic E-state index is 14.0. The van der Waals surface area contributed by atoms with Crippen LogP contribution >= 0.6 is 0 Å². The molecule has 1 aromatic heterocycles. The second-order valence-corrected chi connectivity index (χ2v) is 14.3. The monoisotopic (exact) mass is 649 g/mol. The van der Waals surface area contributed by atoms with Crippen molar-refractivity contribution in [3.8, 4) is 11.3 Å². The van der Waals surface area contributed by atoms with Crippen LogP contribution in [0.4, 0.5) is 4.79 Å². The number of piperidine rings is 1. The van der Waals surface area contributed by atoms with Crippen LogP contribution in [0.2, 0.25) is 0 Å². The predicted molar refractivity (Wildman–Crippen MR) is 194 cm³/mol. The molecule has 1 aliphatic carbocycles. The molecule has 1 aliphatic heterocycles. The molecule has 6 heteroatoms. The number of Topliss-reactive ketones (excluding diaryl/α,β-unsaturated/α-hetero) is 1. The maximum Gasteiger partial charge on any atom is 0.410 e. The van der Waals surface area contributed by atoms with Gasteiger partial charge in [-0.3, -0.25) is 4.79 Å². The summed E-state index contributed by atoms with van der Waals surface area (Å²) in [5.41, 5.74) is 5.42. The van der Waals surface area contributed by atoms with E-state index in [1.807, 2.05) is 57.4 Å². The first kappa shape index (κ1) is 32.3. The molecule has 4 aromatic carbocycles. The Morgan fingerprint density at radius 1 is 0.755 bits per heavy atom. The first-order valence-electron chi connectivity index (χ1n) is 17.2. The molecule has 2 heterocycles. The highest BCUT2D eigenvalue weighted by Gasteiger charge is 2.47. The number of hydrogen-bond acceptors (Lipinski definition) is 4. The number of amides is 1. The van der Waals surface area contributed by atoms with Crippen LogP contribution in [0.1, 0.15) is 68.7 Å². The third-order valence-electron chi connectivity index (χ3n) is 10.1. The Balaban J connectivity index is 1.22. The summed E-state index contributed by atoms with van der Waals surface area (Å²) < 4.78 is 7.81. The van der Waals surface area contributed by atoms with Gasteiger partial charge in [0, 0.05) is 30.3 Å². The van der Waals surface area contributed by atoms with Gasteiger partial charge in [0.2, 0.25) is 0 Å². The van der Waals surface area contributed by atoms with Crippen LogP contribution in [0.25, 0.3) is 17.3 Å². The van der Waals surface area contributed by atoms with Gasteiger partial charge in [0.05, 0.1) is 12.0 Å². The lowest BCUT2D eigenvalue weighted by Crippen LogP contribution is -2.46. The van der Waals surface area contributed by atoms with E-state index in [-0.39, 0.29) is 11.9 Å². The number of carbonyl (C=O) groups excluding carboxylic acids is 2. The van der Waals surface area contributed by atoms with Crippen molar-refractivity contribution in [1.82, 2.24) is 14.5 Å². The molecule has 5 aromatic rings. The van der Waals surface area contributed by atoms with Crippen LogP contribution in [0.3, 0.4) is 0 Å². The van der Waals surface area contributed by atoms with Crippen molar-refractivity contribution in [2.75, 3.05) is 13.1 Å². The fraction of sp³-hybridized carbons (Fsp3) is 0.279. The van der Waals surface area contributed by atoms with E-state index in [0.29, 0.717) is 25.9 Å². The molecule has 2 aliphatic rings. The maximum atomic E-state index is 14.0. The van der Waals surface area contributed by atoms with E-state index < -0.39 is 16.6 Å². The molecule has 7 rings (SSSR count). The third kappa shape index (κ3) is 6.12. The van der Waals surface area contributed by atoms with Crippen LogP contribution in [0.5, 0.6) is 0 Å². The molecule has 248 valence electrons. The Hall–Kier alpha value is -5.23. The fourth-order valence-corrected chi connectivity index (χ4v) is 7.67. The lowest BCUT2D eigenvalue weighted by molar-refractivity contribution is -0.125. The van der Waals surface area contributed by atoms with Gasteiger partial charge < -0.3 is 14.2 Å². The first-order valence-corrected chi connectivity index (χ1v) is 17.2. The van der Waals surface area contributed by atoms with E-state index in [1.165, 1.54) is 0 Å². The molecule has 1 spiro atoms. The molecular weight excluding hydrogens is 606 g/mol. The summed E-state index contributed by atoms with van der Waals surface area (Å²) in [6.07, 6.45) is 8.70. The van der Waals surface area contributed by atoms with Gasteiger partial charge in [0.1, 0.15) is 11.1 Å². The van der Waals surface area contributed by atoms with Crippen molar-refractivity contribution >= 4 is 18.0 Å². The fourth-order valence-electron chi connectivity index (χ4n) is 7.67. The number of carbonyl (C=O) groups is 2. The lowest BCUT2D eigenvalue weighted by atomic mass is 9.76. The number of likely N-dealkylation sites (tertiary alicyclic amines) is 1. The van der Waals surface area contributed by atoms with E-state index in [9.17, 15) is 9.59 Å². The van der Waals surface area contributed by atoms with Crippen molar-refractivity contribution in [3.63, 3.8) is 0 Å². The number of hydrogen-bond donors (Lipinski definition) is 0. The molecule has 2 fully saturated rings. The zero-order valence-electron chi connectivity index (χ0n) is 28.5. The number of nitrogens with zero attached hydrogens (tertiary/aromatic N) is 3. The highest BCUT2D eigenvalue weighted by molar-refractivity contribution is 6.06. The van der Waals surface area contributed by atoms with E-state index >= 15 is 0 Å². The van der Waals surface area contributed by atoms with Crippen molar-refractivity contribution in [2.45, 2.75) is 57.6 Å². The van der Waals surface area contributed by atoms with Crippen molar-refractivity contribution in [2.24, 2.45) is 5.41 Å². The van der Waals surface area contributed by atoms with Gasteiger partial charge >= 0.3 is 6.09 Å². The van der Waals surface area contributed by atoms with Crippen LogP contribution < -0.4 is 0 Å². The number of allylic oxidation sites excluding steroid dienone is 1. The van der Waals surface area contributed by atoms with E-state index in [0.717, 1.165) is 51.9 Å². The van der Waals surface area contributed by atoms with Crippen molar-refractivity contribution in [1.29, 1.82) is 0 Å². The molecule has 0 bridgehead atoms. The highest BCUT2D eigenvalue weighted by atomic mass is 16.6. The molecule has 1 amide bonds. The molecule has 0 unspecified atom stereocenters. The van der Waals surface area contributed by atoms with Gasteiger partial charge in [-0.1, -0.05) is 115 Å². The Morgan fingerprint density at radius 3 is 1.84 bits per heavy atom. The number of rotatable bonds is 6. The van der Waals surface area contributed by atoms with Gasteiger partial charge in [0.15, 0.2) is 5.78 Å². The highest BCUT2D eigenvalue weighted by Crippen LogP contribution is 2.47. The first-order chi connectivity index (χ1) is 23.7. The number of ether oxygens (including phenoxy) is 1. The van der Waals surface area contributed by atoms with Crippen molar-refractivity contribution < 1.29 is 14.3 Å². The zero-order chi connectivity index (χ0) is 34.1. The molecule has 0 atom stereocenters. The Kier molecular flexibility index (Phi) is 8.57. The molecule has 0 radical (unpaired) electrons. The summed E-state index contributed by atoms with van der Waals surface area (Å²) >= 11 is 0. The van der Waals surface area contributed by atoms with Crippen LogP contribution in [0.15, 0.2) is 133 Å². The summed E-state index contributed by atoms with van der Waals surface area (Å²) in [5.74, 6) is 0.216. The Bertz CT molecular complexity index is 1870. The summed E-state index contributed by atoms with van der Waals surface area (Å²) in [5, 5.41) is 0. The summed E-state index contributed by atoms with van der Waals surface area (Å²) in [7, 11) is 0. The van der Waals surface area contributed by atoms with Crippen molar-refractivity contribution in [3.05, 3.63) is 156 Å².